The summed E-state index contributed by atoms with van der Waals surface area (Å²) in [4.78, 5) is 17.4. The minimum atomic E-state index is -0.390. The highest BCUT2D eigenvalue weighted by atomic mass is 32.1. The number of furan rings is 1. The van der Waals surface area contributed by atoms with Gasteiger partial charge in [0.05, 0.1) is 31.2 Å². The fraction of sp³-hybridized carbons (Fsp3) is 0.467. The number of thiazole rings is 1. The SMILES string of the molecule is COC(=O)c1ccoc1CNC(C)(C)c1nc(C)c(C)s1. The highest BCUT2D eigenvalue weighted by molar-refractivity contribution is 7.11. The number of hydrogen-bond donors (Lipinski definition) is 1. The Labute approximate surface area is 128 Å². The summed E-state index contributed by atoms with van der Waals surface area (Å²) in [6.45, 7) is 8.63. The van der Waals surface area contributed by atoms with Gasteiger partial charge < -0.3 is 9.15 Å². The Morgan fingerprint density at radius 3 is 2.76 bits per heavy atom. The third-order valence-corrected chi connectivity index (χ3v) is 4.80. The first-order chi connectivity index (χ1) is 9.85. The summed E-state index contributed by atoms with van der Waals surface area (Å²) < 4.78 is 10.1. The van der Waals surface area contributed by atoms with Gasteiger partial charge in [0, 0.05) is 4.88 Å². The Balaban J connectivity index is 2.12. The van der Waals surface area contributed by atoms with Gasteiger partial charge in [-0.25, -0.2) is 9.78 Å². The molecule has 0 bridgehead atoms. The molecule has 0 atom stereocenters. The first-order valence-electron chi connectivity index (χ1n) is 6.69. The lowest BCUT2D eigenvalue weighted by atomic mass is 10.1. The van der Waals surface area contributed by atoms with Crippen molar-refractivity contribution in [1.29, 1.82) is 0 Å². The molecular formula is C15H20N2O3S. The van der Waals surface area contributed by atoms with Crippen molar-refractivity contribution in [2.45, 2.75) is 39.8 Å². The minimum Gasteiger partial charge on any atom is -0.467 e. The lowest BCUT2D eigenvalue weighted by Crippen LogP contribution is -2.36. The molecule has 2 aromatic rings. The van der Waals surface area contributed by atoms with E-state index in [0.717, 1.165) is 10.7 Å². The number of nitrogens with zero attached hydrogens (tertiary/aromatic N) is 1. The molecule has 2 rings (SSSR count). The summed E-state index contributed by atoms with van der Waals surface area (Å²) in [6, 6.07) is 1.62. The predicted molar refractivity (Wildman–Crippen MR) is 81.5 cm³/mol. The monoisotopic (exact) mass is 308 g/mol. The van der Waals surface area contributed by atoms with E-state index in [2.05, 4.69) is 31.1 Å². The third kappa shape index (κ3) is 3.33. The molecule has 0 aliphatic heterocycles. The molecule has 0 aliphatic carbocycles. The Morgan fingerprint density at radius 2 is 2.19 bits per heavy atom. The van der Waals surface area contributed by atoms with E-state index >= 15 is 0 Å². The molecule has 0 spiro atoms. The number of rotatable bonds is 5. The predicted octanol–water partition coefficient (Wildman–Crippen LogP) is 3.16. The van der Waals surface area contributed by atoms with Gasteiger partial charge in [-0.3, -0.25) is 5.32 Å². The maximum atomic E-state index is 11.6. The quantitative estimate of drug-likeness (QED) is 0.860. The number of carbonyl (C=O) groups excluding carboxylic acids is 1. The van der Waals surface area contributed by atoms with E-state index < -0.39 is 0 Å². The largest absolute Gasteiger partial charge is 0.467 e. The van der Waals surface area contributed by atoms with Crippen molar-refractivity contribution in [1.82, 2.24) is 10.3 Å². The van der Waals surface area contributed by atoms with Crippen LogP contribution < -0.4 is 5.32 Å². The van der Waals surface area contributed by atoms with Gasteiger partial charge in [0.15, 0.2) is 0 Å². The van der Waals surface area contributed by atoms with Crippen molar-refractivity contribution in [3.05, 3.63) is 39.2 Å². The Bertz CT molecular complexity index is 624. The zero-order valence-corrected chi connectivity index (χ0v) is 13.8. The number of aromatic nitrogens is 1. The van der Waals surface area contributed by atoms with Crippen molar-refractivity contribution >= 4 is 17.3 Å². The summed E-state index contributed by atoms with van der Waals surface area (Å²) in [5, 5.41) is 4.40. The van der Waals surface area contributed by atoms with Crippen molar-refractivity contribution in [2.24, 2.45) is 0 Å². The lowest BCUT2D eigenvalue weighted by Gasteiger charge is -2.23. The Morgan fingerprint density at radius 1 is 1.48 bits per heavy atom. The van der Waals surface area contributed by atoms with E-state index in [9.17, 15) is 4.79 Å². The molecule has 2 aromatic heterocycles. The summed E-state index contributed by atoms with van der Waals surface area (Å²) in [6.07, 6.45) is 1.49. The van der Waals surface area contributed by atoms with Crippen molar-refractivity contribution in [2.75, 3.05) is 7.11 Å². The number of aryl methyl sites for hydroxylation is 2. The zero-order chi connectivity index (χ0) is 15.6. The van der Waals surface area contributed by atoms with Crippen LogP contribution in [0.25, 0.3) is 0 Å². The standard InChI is InChI=1S/C15H20N2O3S/c1-9-10(2)21-14(17-9)15(3,4)16-8-12-11(6-7-20-12)13(18)19-5/h6-7,16H,8H2,1-5H3. The first-order valence-corrected chi connectivity index (χ1v) is 7.51. The summed E-state index contributed by atoms with van der Waals surface area (Å²) >= 11 is 1.68. The van der Waals surface area contributed by atoms with E-state index in [-0.39, 0.29) is 11.5 Å². The normalized spacial score (nSPS) is 11.7. The van der Waals surface area contributed by atoms with Gasteiger partial charge in [0.2, 0.25) is 0 Å². The van der Waals surface area contributed by atoms with E-state index in [0.29, 0.717) is 17.9 Å². The topological polar surface area (TPSA) is 64.4 Å². The van der Waals surface area contributed by atoms with Gasteiger partial charge in [-0.15, -0.1) is 11.3 Å². The molecule has 1 N–H and O–H groups in total. The zero-order valence-electron chi connectivity index (χ0n) is 12.9. The molecule has 0 aromatic carbocycles. The Hall–Kier alpha value is -1.66. The van der Waals surface area contributed by atoms with Gasteiger partial charge in [-0.1, -0.05) is 0 Å². The summed E-state index contributed by atoms with van der Waals surface area (Å²) in [5.74, 6) is 0.180. The maximum Gasteiger partial charge on any atom is 0.341 e. The van der Waals surface area contributed by atoms with Crippen LogP contribution in [0, 0.1) is 13.8 Å². The Kier molecular flexibility index (Phi) is 4.49. The van der Waals surface area contributed by atoms with E-state index in [4.69, 9.17) is 9.15 Å². The molecule has 2 heterocycles. The number of methoxy groups -OCH3 is 1. The second-order valence-electron chi connectivity index (χ2n) is 5.39. The molecule has 0 aliphatic rings. The number of nitrogens with one attached hydrogen (secondary N) is 1. The van der Waals surface area contributed by atoms with E-state index in [1.807, 2.05) is 6.92 Å². The van der Waals surface area contributed by atoms with Crippen LogP contribution in [0.15, 0.2) is 16.7 Å². The van der Waals surface area contributed by atoms with Crippen LogP contribution in [0.4, 0.5) is 0 Å². The van der Waals surface area contributed by atoms with Crippen LogP contribution in [-0.4, -0.2) is 18.1 Å². The van der Waals surface area contributed by atoms with Gasteiger partial charge in [-0.05, 0) is 33.8 Å². The van der Waals surface area contributed by atoms with E-state index in [1.165, 1.54) is 18.3 Å². The molecule has 6 heteroatoms. The number of hydrogen-bond acceptors (Lipinski definition) is 6. The molecule has 0 saturated carbocycles. The minimum absolute atomic E-state index is 0.302. The number of carbonyl (C=O) groups is 1. The first kappa shape index (κ1) is 15.7. The van der Waals surface area contributed by atoms with Gasteiger partial charge in [-0.2, -0.15) is 0 Å². The molecule has 0 amide bonds. The van der Waals surface area contributed by atoms with Crippen LogP contribution in [-0.2, 0) is 16.8 Å². The fourth-order valence-electron chi connectivity index (χ4n) is 1.89. The third-order valence-electron chi connectivity index (χ3n) is 3.40. The molecule has 114 valence electrons. The molecular weight excluding hydrogens is 288 g/mol. The highest BCUT2D eigenvalue weighted by Gasteiger charge is 2.26. The van der Waals surface area contributed by atoms with Crippen molar-refractivity contribution in [3.63, 3.8) is 0 Å². The summed E-state index contributed by atoms with van der Waals surface area (Å²) in [7, 11) is 1.36. The highest BCUT2D eigenvalue weighted by Crippen LogP contribution is 2.27. The molecule has 0 radical (unpaired) electrons. The molecule has 0 unspecified atom stereocenters. The van der Waals surface area contributed by atoms with Crippen molar-refractivity contribution in [3.8, 4) is 0 Å². The lowest BCUT2D eigenvalue weighted by molar-refractivity contribution is 0.0597. The van der Waals surface area contributed by atoms with Gasteiger partial charge in [0.25, 0.3) is 0 Å². The van der Waals surface area contributed by atoms with Gasteiger partial charge in [0.1, 0.15) is 16.3 Å². The fourth-order valence-corrected chi connectivity index (χ4v) is 2.88. The second kappa shape index (κ2) is 5.99. The molecule has 0 fully saturated rings. The van der Waals surface area contributed by atoms with Crippen molar-refractivity contribution < 1.29 is 13.9 Å². The number of esters is 1. The summed E-state index contributed by atoms with van der Waals surface area (Å²) in [5.41, 5.74) is 1.20. The average molecular weight is 308 g/mol. The van der Waals surface area contributed by atoms with Crippen LogP contribution in [0.3, 0.4) is 0 Å². The molecule has 5 nitrogen and oxygen atoms in total. The smallest absolute Gasteiger partial charge is 0.341 e. The molecule has 21 heavy (non-hydrogen) atoms. The average Bonchev–Trinajstić information content (AvgIpc) is 3.04. The maximum absolute atomic E-state index is 11.6. The van der Waals surface area contributed by atoms with Crippen LogP contribution >= 0.6 is 11.3 Å². The number of ether oxygens (including phenoxy) is 1. The second-order valence-corrected chi connectivity index (χ2v) is 6.59. The van der Waals surface area contributed by atoms with E-state index in [1.54, 1.807) is 17.4 Å². The van der Waals surface area contributed by atoms with Crippen LogP contribution in [0.5, 0.6) is 0 Å². The van der Waals surface area contributed by atoms with Crippen LogP contribution in [0.1, 0.15) is 45.5 Å². The van der Waals surface area contributed by atoms with Gasteiger partial charge >= 0.3 is 5.97 Å². The van der Waals surface area contributed by atoms with Crippen LogP contribution in [0.2, 0.25) is 0 Å². The molecule has 0 saturated heterocycles.